The molecule has 0 fully saturated rings. The van der Waals surface area contributed by atoms with Crippen LogP contribution in [0.25, 0.3) is 0 Å². The minimum atomic E-state index is -0.611. The molecular weight excluding hydrogens is 112 g/mol. The summed E-state index contributed by atoms with van der Waals surface area (Å²) in [6.07, 6.45) is 2.61. The second kappa shape index (κ2) is 1.61. The summed E-state index contributed by atoms with van der Waals surface area (Å²) in [5, 5.41) is 12.5. The molecule has 0 N–H and O–H groups in total. The van der Waals surface area contributed by atoms with Crippen LogP contribution < -0.4 is 0 Å². The number of hydrogen-bond acceptors (Lipinski definition) is 3. The summed E-state index contributed by atoms with van der Waals surface area (Å²) in [6, 6.07) is 1.49. The van der Waals surface area contributed by atoms with E-state index in [0.29, 0.717) is 4.79 Å². The van der Waals surface area contributed by atoms with Gasteiger partial charge < -0.3 is 10.1 Å². The van der Waals surface area contributed by atoms with E-state index >= 15 is 0 Å². The molecule has 0 aliphatic heterocycles. The molecule has 0 amide bonds. The van der Waals surface area contributed by atoms with E-state index in [-0.39, 0.29) is 0 Å². The first-order valence-corrected chi connectivity index (χ1v) is 1.95. The standard InChI is InChI=1S/C3H3N3O2/c7-6(8)5-3-1-2-4-5/h1-3H/i4+1,5+1. The second-order valence-electron chi connectivity index (χ2n) is 1.16. The summed E-state index contributed by atoms with van der Waals surface area (Å²) >= 11 is 0. The Morgan fingerprint density at radius 3 is 2.75 bits per heavy atom. The Labute approximate surface area is 44.7 Å². The molecule has 1 aromatic rings. The lowest BCUT2D eigenvalue weighted by Crippen LogP contribution is -2.07. The molecule has 8 heavy (non-hydrogen) atoms. The molecule has 0 unspecified atom stereocenters. The van der Waals surface area contributed by atoms with Crippen molar-refractivity contribution in [3.8, 4) is 0 Å². The maximum Gasteiger partial charge on any atom is 0.167 e. The Morgan fingerprint density at radius 1 is 1.75 bits per heavy atom. The molecule has 0 bridgehead atoms. The van der Waals surface area contributed by atoms with Gasteiger partial charge in [0.25, 0.3) is 0 Å². The maximum atomic E-state index is 9.77. The molecule has 1 aromatic heterocycles. The summed E-state index contributed by atoms with van der Waals surface area (Å²) in [6.45, 7) is 0. The highest BCUT2D eigenvalue weighted by molar-refractivity contribution is 4.74. The third kappa shape index (κ3) is 0.651. The first kappa shape index (κ1) is 4.76. The Bertz CT molecular complexity index is 180. The number of aromatic nitrogens is 2. The van der Waals surface area contributed by atoms with Crippen molar-refractivity contribution < 1.29 is 5.03 Å². The molecule has 1 heterocycles. The van der Waals surface area contributed by atoms with E-state index in [2.05, 4.69) is 5.10 Å². The van der Waals surface area contributed by atoms with Gasteiger partial charge in [-0.2, -0.15) is 0 Å². The van der Waals surface area contributed by atoms with Gasteiger partial charge in [0.15, 0.2) is 6.20 Å². The molecule has 0 atom stereocenters. The fraction of sp³-hybridized carbons (Fsp3) is 0. The molecule has 1 rings (SSSR count). The zero-order chi connectivity index (χ0) is 5.98. The lowest BCUT2D eigenvalue weighted by Gasteiger charge is -1.85. The van der Waals surface area contributed by atoms with E-state index < -0.39 is 5.03 Å². The minimum Gasteiger partial charge on any atom is -0.339 e. The van der Waals surface area contributed by atoms with Gasteiger partial charge in [-0.3, -0.25) is 0 Å². The third-order valence-electron chi connectivity index (χ3n) is 0.658. The Morgan fingerprint density at radius 2 is 2.50 bits per heavy atom. The number of rotatable bonds is 1. The fourth-order valence-corrected chi connectivity index (χ4v) is 0.357. The van der Waals surface area contributed by atoms with Crippen molar-refractivity contribution in [1.82, 2.24) is 9.89 Å². The largest absolute Gasteiger partial charge is 0.339 e. The van der Waals surface area contributed by atoms with E-state index in [1.54, 1.807) is 0 Å². The van der Waals surface area contributed by atoms with E-state index in [4.69, 9.17) is 0 Å². The van der Waals surface area contributed by atoms with Crippen molar-refractivity contribution in [3.63, 3.8) is 0 Å². The smallest absolute Gasteiger partial charge is 0.167 e. The highest BCUT2D eigenvalue weighted by Crippen LogP contribution is 1.79. The first-order chi connectivity index (χ1) is 3.80. The molecule has 0 saturated carbocycles. The van der Waals surface area contributed by atoms with Gasteiger partial charge in [-0.1, -0.05) is 0 Å². The molecule has 42 valence electrons. The van der Waals surface area contributed by atoms with Gasteiger partial charge in [0, 0.05) is 16.0 Å². The minimum absolute atomic E-state index is 0.611. The molecule has 5 nitrogen and oxygen atoms in total. The Kier molecular flexibility index (Phi) is 0.957. The third-order valence-corrected chi connectivity index (χ3v) is 0.658. The zero-order valence-corrected chi connectivity index (χ0v) is 3.89. The summed E-state index contributed by atoms with van der Waals surface area (Å²) in [5.41, 5.74) is 0. The summed E-state index contributed by atoms with van der Waals surface area (Å²) in [5.74, 6) is 0. The molecule has 5 heteroatoms. The molecule has 0 spiro atoms. The van der Waals surface area contributed by atoms with Crippen LogP contribution >= 0.6 is 0 Å². The fourth-order valence-electron chi connectivity index (χ4n) is 0.357. The highest BCUT2D eigenvalue weighted by atomic mass is 16.8. The average Bonchev–Trinajstić information content (AvgIpc) is 2.12. The van der Waals surface area contributed by atoms with Crippen molar-refractivity contribution >= 4 is 0 Å². The van der Waals surface area contributed by atoms with E-state index in [1.807, 2.05) is 0 Å². The van der Waals surface area contributed by atoms with Crippen molar-refractivity contribution in [2.75, 3.05) is 0 Å². The van der Waals surface area contributed by atoms with Crippen LogP contribution in [0.15, 0.2) is 18.5 Å². The quantitative estimate of drug-likeness (QED) is 0.380. The van der Waals surface area contributed by atoms with Crippen LogP contribution in [0.1, 0.15) is 0 Å². The van der Waals surface area contributed by atoms with Gasteiger partial charge in [-0.25, -0.2) is 0 Å². The number of nitro groups is 1. The second-order valence-corrected chi connectivity index (χ2v) is 1.16. The molecule has 0 saturated heterocycles. The average molecular weight is 115 g/mol. The molecule has 0 aliphatic rings. The predicted molar refractivity (Wildman–Crippen MR) is 24.6 cm³/mol. The van der Waals surface area contributed by atoms with Crippen LogP contribution in [0.2, 0.25) is 0 Å². The van der Waals surface area contributed by atoms with Crippen LogP contribution in [0.5, 0.6) is 0 Å². The van der Waals surface area contributed by atoms with Crippen LogP contribution in [0.3, 0.4) is 0 Å². The molecule has 0 aromatic carbocycles. The number of nitrogens with zero attached hydrogens (tertiary/aromatic N) is 3. The van der Waals surface area contributed by atoms with Crippen molar-refractivity contribution in [2.24, 2.45) is 0 Å². The predicted octanol–water partition coefficient (Wildman–Crippen LogP) is -0.0771. The van der Waals surface area contributed by atoms with Gasteiger partial charge in [0.1, 0.15) is 6.20 Å². The molecule has 0 radical (unpaired) electrons. The maximum absolute atomic E-state index is 9.77. The summed E-state index contributed by atoms with van der Waals surface area (Å²) in [4.78, 5) is 10.4. The lowest BCUT2D eigenvalue weighted by molar-refractivity contribution is -0.552. The van der Waals surface area contributed by atoms with Crippen LogP contribution in [0.4, 0.5) is 0 Å². The highest BCUT2D eigenvalue weighted by Gasteiger charge is 1.94. The SMILES string of the molecule is O=[N+]([O-])[15n]1ccc[15n]1. The normalized spacial score (nSPS) is 9.00. The van der Waals surface area contributed by atoms with Crippen molar-refractivity contribution in [3.05, 3.63) is 28.6 Å². The van der Waals surface area contributed by atoms with Gasteiger partial charge >= 0.3 is 0 Å². The monoisotopic (exact) mass is 115 g/mol. The number of hydrogen-bond donors (Lipinski definition) is 0. The van der Waals surface area contributed by atoms with Crippen molar-refractivity contribution in [2.45, 2.75) is 0 Å². The van der Waals surface area contributed by atoms with Crippen molar-refractivity contribution in [1.29, 1.82) is 0 Å². The Hall–Kier alpha value is -1.39. The first-order valence-electron chi connectivity index (χ1n) is 1.95. The zero-order valence-electron chi connectivity index (χ0n) is 3.89. The Balaban J connectivity index is 2.93. The van der Waals surface area contributed by atoms with Gasteiger partial charge in [0.2, 0.25) is 0 Å². The van der Waals surface area contributed by atoms with E-state index in [0.717, 1.165) is 0 Å². The van der Waals surface area contributed by atoms with Crippen LogP contribution in [-0.4, -0.2) is 14.9 Å². The lowest BCUT2D eigenvalue weighted by atomic mass is 10.8. The summed E-state index contributed by atoms with van der Waals surface area (Å²) in [7, 11) is 0. The van der Waals surface area contributed by atoms with E-state index in [1.165, 1.54) is 18.5 Å². The molecular formula is C3H3N3O2. The van der Waals surface area contributed by atoms with E-state index in [9.17, 15) is 10.1 Å². The van der Waals surface area contributed by atoms with Gasteiger partial charge in [-0.15, -0.1) is 0 Å². The van der Waals surface area contributed by atoms with Gasteiger partial charge in [-0.05, 0) is 0 Å². The van der Waals surface area contributed by atoms with Crippen LogP contribution in [-0.2, 0) is 0 Å². The van der Waals surface area contributed by atoms with Gasteiger partial charge in [0.05, 0.1) is 5.03 Å². The summed E-state index contributed by atoms with van der Waals surface area (Å²) < 4.78 is 0. The topological polar surface area (TPSA) is 61.0 Å². The molecule has 0 aliphatic carbocycles. The van der Waals surface area contributed by atoms with Crippen LogP contribution in [0, 0.1) is 10.1 Å².